The van der Waals surface area contributed by atoms with Crippen LogP contribution in [0.1, 0.15) is 32.6 Å². The number of carbonyl (C=O) groups excluding carboxylic acids is 1. The second kappa shape index (κ2) is 4.30. The van der Waals surface area contributed by atoms with E-state index in [9.17, 15) is 4.79 Å². The first-order valence-corrected chi connectivity index (χ1v) is 5.75. The third kappa shape index (κ3) is 2.98. The lowest BCUT2D eigenvalue weighted by atomic mass is 10.1. The van der Waals surface area contributed by atoms with Gasteiger partial charge in [-0.25, -0.2) is 0 Å². The highest BCUT2D eigenvalue weighted by Crippen LogP contribution is 2.44. The van der Waals surface area contributed by atoms with Crippen LogP contribution in [0.15, 0.2) is 0 Å². The van der Waals surface area contributed by atoms with Crippen molar-refractivity contribution >= 4 is 5.91 Å². The number of amides is 1. The standard InChI is InChI=1S/C11H20N2O/c1-8(14)12-6-7-13-11(9-2-3-9)10-4-5-10/h9-11,13H,2-7H2,1H3,(H,12,14). The minimum absolute atomic E-state index is 0.0705. The van der Waals surface area contributed by atoms with Crippen LogP contribution in [0.25, 0.3) is 0 Å². The van der Waals surface area contributed by atoms with Crippen molar-refractivity contribution < 1.29 is 4.79 Å². The molecule has 0 aromatic heterocycles. The summed E-state index contributed by atoms with van der Waals surface area (Å²) < 4.78 is 0. The number of rotatable bonds is 6. The summed E-state index contributed by atoms with van der Waals surface area (Å²) in [5.41, 5.74) is 0. The Hall–Kier alpha value is -0.570. The lowest BCUT2D eigenvalue weighted by Crippen LogP contribution is -2.38. The van der Waals surface area contributed by atoms with Crippen LogP contribution in [0, 0.1) is 11.8 Å². The molecule has 0 saturated heterocycles. The molecule has 0 atom stereocenters. The summed E-state index contributed by atoms with van der Waals surface area (Å²) in [6, 6.07) is 0.753. The van der Waals surface area contributed by atoms with E-state index in [2.05, 4.69) is 10.6 Å². The van der Waals surface area contributed by atoms with E-state index in [4.69, 9.17) is 0 Å². The number of nitrogens with one attached hydrogen (secondary N) is 2. The zero-order valence-electron chi connectivity index (χ0n) is 8.88. The first-order chi connectivity index (χ1) is 6.77. The second-order valence-corrected chi connectivity index (χ2v) is 4.64. The molecule has 80 valence electrons. The summed E-state index contributed by atoms with van der Waals surface area (Å²) in [4.78, 5) is 10.6. The van der Waals surface area contributed by atoms with Crippen LogP contribution in [-0.2, 0) is 4.79 Å². The minimum Gasteiger partial charge on any atom is -0.355 e. The van der Waals surface area contributed by atoms with Gasteiger partial charge in [-0.05, 0) is 37.5 Å². The van der Waals surface area contributed by atoms with E-state index in [0.717, 1.165) is 31.0 Å². The Bertz CT molecular complexity index is 197. The van der Waals surface area contributed by atoms with E-state index < -0.39 is 0 Å². The Morgan fingerprint density at radius 3 is 2.21 bits per heavy atom. The van der Waals surface area contributed by atoms with E-state index in [1.807, 2.05) is 0 Å². The SMILES string of the molecule is CC(=O)NCCNC(C1CC1)C1CC1. The summed E-state index contributed by atoms with van der Waals surface area (Å²) in [6.45, 7) is 3.27. The lowest BCUT2D eigenvalue weighted by molar-refractivity contribution is -0.118. The highest BCUT2D eigenvalue weighted by molar-refractivity contribution is 5.72. The Labute approximate surface area is 85.6 Å². The number of carbonyl (C=O) groups is 1. The average Bonchev–Trinajstić information content (AvgIpc) is 2.99. The predicted molar refractivity (Wildman–Crippen MR) is 55.9 cm³/mol. The zero-order chi connectivity index (χ0) is 9.97. The van der Waals surface area contributed by atoms with Crippen LogP contribution >= 0.6 is 0 Å². The van der Waals surface area contributed by atoms with Gasteiger partial charge in [0.2, 0.25) is 5.91 Å². The smallest absolute Gasteiger partial charge is 0.216 e. The molecule has 2 saturated carbocycles. The van der Waals surface area contributed by atoms with E-state index in [0.29, 0.717) is 0 Å². The molecule has 0 heterocycles. The average molecular weight is 196 g/mol. The van der Waals surface area contributed by atoms with Gasteiger partial charge in [-0.1, -0.05) is 0 Å². The van der Waals surface area contributed by atoms with Gasteiger partial charge >= 0.3 is 0 Å². The fraction of sp³-hybridized carbons (Fsp3) is 0.909. The van der Waals surface area contributed by atoms with Gasteiger partial charge in [0.05, 0.1) is 0 Å². The maximum atomic E-state index is 10.6. The maximum absolute atomic E-state index is 10.6. The predicted octanol–water partition coefficient (Wildman–Crippen LogP) is 0.901. The third-order valence-corrected chi connectivity index (χ3v) is 3.14. The van der Waals surface area contributed by atoms with Crippen LogP contribution in [-0.4, -0.2) is 25.0 Å². The fourth-order valence-corrected chi connectivity index (χ4v) is 2.11. The number of hydrogen-bond acceptors (Lipinski definition) is 2. The van der Waals surface area contributed by atoms with Crippen LogP contribution in [0.2, 0.25) is 0 Å². The molecule has 0 aliphatic heterocycles. The summed E-state index contributed by atoms with van der Waals surface area (Å²) in [7, 11) is 0. The largest absolute Gasteiger partial charge is 0.355 e. The molecule has 0 unspecified atom stereocenters. The van der Waals surface area contributed by atoms with Crippen molar-refractivity contribution in [2.45, 2.75) is 38.6 Å². The van der Waals surface area contributed by atoms with Gasteiger partial charge in [0.1, 0.15) is 0 Å². The molecule has 3 nitrogen and oxygen atoms in total. The van der Waals surface area contributed by atoms with Crippen LogP contribution in [0.3, 0.4) is 0 Å². The third-order valence-electron chi connectivity index (χ3n) is 3.14. The van der Waals surface area contributed by atoms with Gasteiger partial charge in [0.15, 0.2) is 0 Å². The minimum atomic E-state index is 0.0705. The molecule has 2 aliphatic carbocycles. The van der Waals surface area contributed by atoms with Gasteiger partial charge in [0.25, 0.3) is 0 Å². The van der Waals surface area contributed by atoms with Crippen LogP contribution < -0.4 is 10.6 Å². The Kier molecular flexibility index (Phi) is 3.06. The van der Waals surface area contributed by atoms with Gasteiger partial charge in [-0.15, -0.1) is 0 Å². The molecule has 0 aromatic carbocycles. The van der Waals surface area contributed by atoms with Gasteiger partial charge in [-0.3, -0.25) is 4.79 Å². The molecule has 1 amide bonds. The highest BCUT2D eigenvalue weighted by Gasteiger charge is 2.40. The van der Waals surface area contributed by atoms with E-state index in [1.165, 1.54) is 25.7 Å². The molecule has 2 fully saturated rings. The summed E-state index contributed by atoms with van der Waals surface area (Å²) in [5, 5.41) is 6.40. The molecule has 0 spiro atoms. The molecule has 3 heteroatoms. The van der Waals surface area contributed by atoms with Crippen molar-refractivity contribution in [3.8, 4) is 0 Å². The van der Waals surface area contributed by atoms with Crippen molar-refractivity contribution in [2.24, 2.45) is 11.8 Å². The van der Waals surface area contributed by atoms with Crippen molar-refractivity contribution in [3.05, 3.63) is 0 Å². The molecule has 2 rings (SSSR count). The lowest BCUT2D eigenvalue weighted by Gasteiger charge is -2.17. The van der Waals surface area contributed by atoms with Crippen molar-refractivity contribution in [1.82, 2.24) is 10.6 Å². The quantitative estimate of drug-likeness (QED) is 0.620. The molecular formula is C11H20N2O. The van der Waals surface area contributed by atoms with Crippen molar-refractivity contribution in [3.63, 3.8) is 0 Å². The molecule has 0 radical (unpaired) electrons. The van der Waals surface area contributed by atoms with Crippen molar-refractivity contribution in [2.75, 3.05) is 13.1 Å². The second-order valence-electron chi connectivity index (χ2n) is 4.64. The Morgan fingerprint density at radius 1 is 1.21 bits per heavy atom. The highest BCUT2D eigenvalue weighted by atomic mass is 16.1. The van der Waals surface area contributed by atoms with E-state index in [1.54, 1.807) is 6.92 Å². The summed E-state index contributed by atoms with van der Waals surface area (Å²) in [5.74, 6) is 1.96. The summed E-state index contributed by atoms with van der Waals surface area (Å²) >= 11 is 0. The Balaban J connectivity index is 1.59. The number of hydrogen-bond donors (Lipinski definition) is 2. The van der Waals surface area contributed by atoms with E-state index >= 15 is 0 Å². The molecule has 0 bridgehead atoms. The molecular weight excluding hydrogens is 176 g/mol. The maximum Gasteiger partial charge on any atom is 0.216 e. The fourth-order valence-electron chi connectivity index (χ4n) is 2.11. The van der Waals surface area contributed by atoms with Gasteiger partial charge in [0, 0.05) is 26.1 Å². The zero-order valence-corrected chi connectivity index (χ0v) is 8.88. The topological polar surface area (TPSA) is 41.1 Å². The molecule has 14 heavy (non-hydrogen) atoms. The first-order valence-electron chi connectivity index (χ1n) is 5.75. The molecule has 2 aliphatic rings. The van der Waals surface area contributed by atoms with Gasteiger partial charge in [-0.2, -0.15) is 0 Å². The molecule has 0 aromatic rings. The normalized spacial score (nSPS) is 21.3. The van der Waals surface area contributed by atoms with Gasteiger partial charge < -0.3 is 10.6 Å². The summed E-state index contributed by atoms with van der Waals surface area (Å²) in [6.07, 6.45) is 5.64. The Morgan fingerprint density at radius 2 is 1.79 bits per heavy atom. The first kappa shape index (κ1) is 9.97. The molecule has 2 N–H and O–H groups in total. The van der Waals surface area contributed by atoms with Crippen molar-refractivity contribution in [1.29, 1.82) is 0 Å². The monoisotopic (exact) mass is 196 g/mol. The van der Waals surface area contributed by atoms with E-state index in [-0.39, 0.29) is 5.91 Å². The van der Waals surface area contributed by atoms with Crippen LogP contribution in [0.4, 0.5) is 0 Å². The van der Waals surface area contributed by atoms with Crippen LogP contribution in [0.5, 0.6) is 0 Å².